The molecular formula is C69H40. The van der Waals surface area contributed by atoms with Gasteiger partial charge in [0.05, 0.1) is 0 Å². The summed E-state index contributed by atoms with van der Waals surface area (Å²) in [4.78, 5) is 0. The molecule has 0 amide bonds. The maximum absolute atomic E-state index is 2.69. The van der Waals surface area contributed by atoms with Crippen LogP contribution in [0.4, 0.5) is 0 Å². The van der Waals surface area contributed by atoms with Gasteiger partial charge in [0, 0.05) is 23.7 Å². The number of hydrogen-bond donors (Lipinski definition) is 0. The van der Waals surface area contributed by atoms with Crippen LogP contribution in [0.2, 0.25) is 0 Å². The number of hydrogen-bond acceptors (Lipinski definition) is 0. The molecule has 0 aromatic heterocycles. The Morgan fingerprint density at radius 3 is 1.59 bits per heavy atom. The van der Waals surface area contributed by atoms with Gasteiger partial charge >= 0.3 is 0 Å². The van der Waals surface area contributed by atoms with E-state index in [1.54, 1.807) is 72.4 Å². The molecule has 15 aliphatic carbocycles. The van der Waals surface area contributed by atoms with Crippen molar-refractivity contribution in [1.82, 2.24) is 0 Å². The maximum Gasteiger partial charge on any atom is 0.0361 e. The lowest BCUT2D eigenvalue weighted by atomic mass is 9.47. The molecule has 0 nitrogen and oxygen atoms in total. The van der Waals surface area contributed by atoms with Crippen LogP contribution in [0.1, 0.15) is 109 Å². The van der Waals surface area contributed by atoms with Crippen LogP contribution >= 0.6 is 0 Å². The van der Waals surface area contributed by atoms with Gasteiger partial charge in [-0.3, -0.25) is 0 Å². The third-order valence-corrected chi connectivity index (χ3v) is 19.7. The van der Waals surface area contributed by atoms with Gasteiger partial charge in [-0.05, 0) is 227 Å². The van der Waals surface area contributed by atoms with Crippen LogP contribution in [-0.2, 0) is 19.3 Å². The standard InChI is InChI=1S/C69H40/c1-3-12-37-34(11-1)28-53-55(37)52-27-33-10-2-4-13-38(33)56(52)54-31-36-26-32(24-25-39(36)57(53)54)35-29-50-48-22-8-20-46-44-18-6-16-42-40-14-5-15-41-43-17-7-19-45-47-21-9-23-49-51(30-35)63(50)69-67(61(46)48)65(59(42)44)64(58(40)41)66(60(43)45)68(69)62(47)49/h1-18,20-26,30,58-59,61-62H,19,27-29,31H2. The first kappa shape index (κ1) is 34.5. The molecule has 0 aliphatic heterocycles. The first-order valence-electron chi connectivity index (χ1n) is 25.6. The maximum atomic E-state index is 2.69. The summed E-state index contributed by atoms with van der Waals surface area (Å²) in [5, 5.41) is 0. The highest BCUT2D eigenvalue weighted by molar-refractivity contribution is 6.10. The number of rotatable bonds is 1. The fraction of sp³-hybridized carbons (Fsp3) is 0.130. The van der Waals surface area contributed by atoms with Crippen molar-refractivity contribution in [2.24, 2.45) is 0 Å². The zero-order valence-corrected chi connectivity index (χ0v) is 37.9. The van der Waals surface area contributed by atoms with Gasteiger partial charge in [0.15, 0.2) is 0 Å². The summed E-state index contributed by atoms with van der Waals surface area (Å²) in [7, 11) is 0. The van der Waals surface area contributed by atoms with Crippen LogP contribution in [0.3, 0.4) is 0 Å². The van der Waals surface area contributed by atoms with Crippen molar-refractivity contribution in [2.75, 3.05) is 0 Å². The lowest BCUT2D eigenvalue weighted by Crippen LogP contribution is -2.39. The summed E-state index contributed by atoms with van der Waals surface area (Å²) in [6, 6.07) is 26.2. The van der Waals surface area contributed by atoms with E-state index in [0.29, 0.717) is 0 Å². The molecular weight excluding hydrogens is 829 g/mol. The summed E-state index contributed by atoms with van der Waals surface area (Å²) >= 11 is 0. The van der Waals surface area contributed by atoms with Crippen LogP contribution in [-0.4, -0.2) is 0 Å². The minimum absolute atomic E-state index is 0.240. The fourth-order valence-corrected chi connectivity index (χ4v) is 17.5. The third kappa shape index (κ3) is 3.62. The minimum Gasteiger partial charge on any atom is -0.0795 e. The lowest BCUT2D eigenvalue weighted by Gasteiger charge is -2.55. The molecule has 69 heavy (non-hydrogen) atoms. The summed E-state index contributed by atoms with van der Waals surface area (Å²) in [6.07, 6.45) is 42.2. The van der Waals surface area contributed by atoms with Gasteiger partial charge in [0.25, 0.3) is 0 Å². The van der Waals surface area contributed by atoms with Gasteiger partial charge in [0.2, 0.25) is 0 Å². The van der Waals surface area contributed by atoms with Gasteiger partial charge in [0.1, 0.15) is 0 Å². The fourth-order valence-electron chi connectivity index (χ4n) is 17.5. The van der Waals surface area contributed by atoms with Gasteiger partial charge in [-0.25, -0.2) is 0 Å². The molecule has 0 saturated heterocycles. The second kappa shape index (κ2) is 11.2. The molecule has 15 aliphatic rings. The van der Waals surface area contributed by atoms with E-state index in [9.17, 15) is 0 Å². The largest absolute Gasteiger partial charge is 0.0795 e. The Balaban J connectivity index is 0.836. The highest BCUT2D eigenvalue weighted by Crippen LogP contribution is 2.73. The van der Waals surface area contributed by atoms with Gasteiger partial charge in [-0.1, -0.05) is 152 Å². The van der Waals surface area contributed by atoms with E-state index in [4.69, 9.17) is 0 Å². The number of fused-ring (bicyclic) bond motifs is 15. The van der Waals surface area contributed by atoms with Gasteiger partial charge in [-0.15, -0.1) is 0 Å². The van der Waals surface area contributed by atoms with Crippen molar-refractivity contribution < 1.29 is 0 Å². The molecule has 0 heteroatoms. The van der Waals surface area contributed by atoms with E-state index < -0.39 is 0 Å². The SMILES string of the molecule is C1=CC2=C3C=C(c4ccc5c(c4)Cc4c6c(c7c(c4-5)Cc4ccccc4-7)Cc4ccccc4-6)CC4=C3c3c5c6c7c8c3C3C4=CC=CC3=C3C=CC=C(C4=CC=CC(=C9C=CCC(=C96)C(=C1)C25)C47)C38. The zero-order valence-electron chi connectivity index (χ0n) is 37.9. The molecule has 0 N–H and O–H groups in total. The molecule has 5 aromatic carbocycles. The summed E-state index contributed by atoms with van der Waals surface area (Å²) in [5.41, 5.74) is 52.2. The number of allylic oxidation sites excluding steroid dienone is 30. The normalized spacial score (nSPS) is 25.5. The number of benzene rings is 5. The molecule has 4 atom stereocenters. The molecule has 0 saturated carbocycles. The van der Waals surface area contributed by atoms with Crippen LogP contribution in [0.15, 0.2) is 225 Å². The van der Waals surface area contributed by atoms with Crippen molar-refractivity contribution in [3.63, 3.8) is 0 Å². The van der Waals surface area contributed by atoms with E-state index in [1.165, 1.54) is 117 Å². The first-order chi connectivity index (χ1) is 34.3. The van der Waals surface area contributed by atoms with Crippen LogP contribution < -0.4 is 0 Å². The van der Waals surface area contributed by atoms with Gasteiger partial charge in [-0.2, -0.15) is 0 Å². The summed E-state index contributed by atoms with van der Waals surface area (Å²) < 4.78 is 0. The van der Waals surface area contributed by atoms with Crippen molar-refractivity contribution in [3.05, 3.63) is 297 Å². The molecule has 20 rings (SSSR count). The van der Waals surface area contributed by atoms with Gasteiger partial charge < -0.3 is 0 Å². The highest BCUT2D eigenvalue weighted by atomic mass is 14.6. The van der Waals surface area contributed by atoms with Crippen molar-refractivity contribution >= 4 is 16.7 Å². The van der Waals surface area contributed by atoms with E-state index in [2.05, 4.69) is 158 Å². The Hall–Kier alpha value is -7.80. The Labute approximate surface area is 400 Å². The van der Waals surface area contributed by atoms with E-state index in [-0.39, 0.29) is 23.7 Å². The minimum atomic E-state index is 0.240. The molecule has 4 unspecified atom stereocenters. The Morgan fingerprint density at radius 2 is 0.913 bits per heavy atom. The topological polar surface area (TPSA) is 0 Å². The second-order valence-corrected chi connectivity index (χ2v) is 22.1. The first-order valence-corrected chi connectivity index (χ1v) is 25.6. The average molecular weight is 869 g/mol. The Kier molecular flexibility index (Phi) is 5.60. The van der Waals surface area contributed by atoms with Crippen LogP contribution in [0.5, 0.6) is 0 Å². The monoisotopic (exact) mass is 868 g/mol. The summed E-state index contributed by atoms with van der Waals surface area (Å²) in [6.45, 7) is 0. The molecule has 316 valence electrons. The molecule has 0 bridgehead atoms. The zero-order chi connectivity index (χ0) is 43.9. The quantitative estimate of drug-likeness (QED) is 0.154. The molecule has 0 heterocycles. The predicted octanol–water partition coefficient (Wildman–Crippen LogP) is 15.6. The Bertz CT molecular complexity index is 4220. The smallest absolute Gasteiger partial charge is 0.0361 e. The van der Waals surface area contributed by atoms with Crippen molar-refractivity contribution in [2.45, 2.75) is 55.8 Å². The van der Waals surface area contributed by atoms with Crippen LogP contribution in [0.25, 0.3) is 50.1 Å². The lowest BCUT2D eigenvalue weighted by molar-refractivity contribution is 0.706. The highest BCUT2D eigenvalue weighted by Gasteiger charge is 2.57. The van der Waals surface area contributed by atoms with Crippen LogP contribution in [0, 0.1) is 0 Å². The molecule has 5 aromatic rings. The van der Waals surface area contributed by atoms with E-state index in [0.717, 1.165) is 32.1 Å². The second-order valence-electron chi connectivity index (χ2n) is 22.1. The third-order valence-electron chi connectivity index (χ3n) is 19.7. The molecule has 0 radical (unpaired) electrons. The predicted molar refractivity (Wildman–Crippen MR) is 279 cm³/mol. The van der Waals surface area contributed by atoms with Crippen molar-refractivity contribution in [3.8, 4) is 33.4 Å². The van der Waals surface area contributed by atoms with Crippen molar-refractivity contribution in [1.29, 1.82) is 0 Å². The van der Waals surface area contributed by atoms with E-state index in [1.807, 2.05) is 0 Å². The average Bonchev–Trinajstić information content (AvgIpc) is 4.11. The molecule has 0 fully saturated rings. The Morgan fingerprint density at radius 1 is 0.391 bits per heavy atom. The summed E-state index contributed by atoms with van der Waals surface area (Å²) in [5.74, 6) is 1.03. The molecule has 0 spiro atoms. The van der Waals surface area contributed by atoms with E-state index >= 15 is 0 Å².